The Morgan fingerprint density at radius 2 is 2.25 bits per heavy atom. The number of ether oxygens (including phenoxy) is 1. The van der Waals surface area contributed by atoms with Crippen molar-refractivity contribution in [1.29, 1.82) is 0 Å². The van der Waals surface area contributed by atoms with Crippen LogP contribution in [0.3, 0.4) is 0 Å². The largest absolute Gasteiger partial charge is 0.482 e. The molecule has 0 saturated carbocycles. The molecule has 3 rings (SSSR count). The maximum atomic E-state index is 13.3. The third-order valence-corrected chi connectivity index (χ3v) is 3.04. The fourth-order valence-electron chi connectivity index (χ4n) is 2.07. The molecule has 0 radical (unpaired) electrons. The molecule has 1 aromatic carbocycles. The molecule has 0 amide bonds. The Kier molecular flexibility index (Phi) is 4.92. The van der Waals surface area contributed by atoms with E-state index in [2.05, 4.69) is 15.5 Å². The number of hydrogen-bond donors (Lipinski definition) is 1. The highest BCUT2D eigenvalue weighted by Gasteiger charge is 2.22. The molecule has 1 saturated heterocycles. The van der Waals surface area contributed by atoms with Gasteiger partial charge in [-0.3, -0.25) is 0 Å². The number of para-hydroxylation sites is 1. The van der Waals surface area contributed by atoms with Gasteiger partial charge in [0.05, 0.1) is 6.04 Å². The lowest BCUT2D eigenvalue weighted by Gasteiger charge is -2.03. The van der Waals surface area contributed by atoms with Crippen LogP contribution in [0, 0.1) is 5.82 Å². The molecule has 0 unspecified atom stereocenters. The van der Waals surface area contributed by atoms with Crippen LogP contribution >= 0.6 is 12.4 Å². The lowest BCUT2D eigenvalue weighted by atomic mass is 10.2. The van der Waals surface area contributed by atoms with E-state index in [1.165, 1.54) is 6.07 Å². The van der Waals surface area contributed by atoms with E-state index in [9.17, 15) is 4.39 Å². The van der Waals surface area contributed by atoms with Crippen molar-refractivity contribution in [2.45, 2.75) is 25.5 Å². The maximum absolute atomic E-state index is 13.3. The Morgan fingerprint density at radius 3 is 3.00 bits per heavy atom. The molecule has 1 N–H and O–H groups in total. The summed E-state index contributed by atoms with van der Waals surface area (Å²) in [4.78, 5) is 4.25. The van der Waals surface area contributed by atoms with Gasteiger partial charge in [-0.25, -0.2) is 4.39 Å². The van der Waals surface area contributed by atoms with E-state index in [1.54, 1.807) is 18.2 Å². The number of nitrogens with zero attached hydrogens (tertiary/aromatic N) is 2. The smallest absolute Gasteiger partial charge is 0.243 e. The SMILES string of the molecule is Cl.Fc1ccccc1OCc1noc([C@@H]2CCCN2)n1. The quantitative estimate of drug-likeness (QED) is 0.940. The van der Waals surface area contributed by atoms with E-state index in [0.29, 0.717) is 11.7 Å². The van der Waals surface area contributed by atoms with Gasteiger partial charge in [0.2, 0.25) is 11.7 Å². The molecule has 20 heavy (non-hydrogen) atoms. The van der Waals surface area contributed by atoms with Crippen molar-refractivity contribution in [3.63, 3.8) is 0 Å². The van der Waals surface area contributed by atoms with Gasteiger partial charge >= 0.3 is 0 Å². The topological polar surface area (TPSA) is 60.2 Å². The molecule has 1 aromatic heterocycles. The van der Waals surface area contributed by atoms with Gasteiger partial charge in [0.15, 0.2) is 18.2 Å². The van der Waals surface area contributed by atoms with Crippen LogP contribution in [-0.2, 0) is 6.61 Å². The van der Waals surface area contributed by atoms with Gasteiger partial charge in [-0.2, -0.15) is 4.98 Å². The monoisotopic (exact) mass is 299 g/mol. The first-order chi connectivity index (χ1) is 9.33. The van der Waals surface area contributed by atoms with Crippen molar-refractivity contribution in [3.05, 3.63) is 41.8 Å². The molecule has 7 heteroatoms. The highest BCUT2D eigenvalue weighted by molar-refractivity contribution is 5.85. The molecule has 1 aliphatic heterocycles. The Balaban J connectivity index is 0.00000147. The molecule has 0 spiro atoms. The highest BCUT2D eigenvalue weighted by Crippen LogP contribution is 2.21. The number of nitrogens with one attached hydrogen (secondary N) is 1. The fourth-order valence-corrected chi connectivity index (χ4v) is 2.07. The van der Waals surface area contributed by atoms with Gasteiger partial charge in [0, 0.05) is 0 Å². The standard InChI is InChI=1S/C13H14FN3O2.ClH/c14-9-4-1-2-6-11(9)18-8-12-16-13(19-17-12)10-5-3-7-15-10;/h1-2,4,6,10,15H,3,5,7-8H2;1H/t10-;/m0./s1. The minimum Gasteiger partial charge on any atom is -0.482 e. The Bertz CT molecular complexity index is 558. The van der Waals surface area contributed by atoms with Crippen molar-refractivity contribution in [1.82, 2.24) is 15.5 Å². The third kappa shape index (κ3) is 3.26. The van der Waals surface area contributed by atoms with E-state index in [0.717, 1.165) is 19.4 Å². The van der Waals surface area contributed by atoms with Crippen LogP contribution in [0.2, 0.25) is 0 Å². The zero-order valence-electron chi connectivity index (χ0n) is 10.7. The predicted molar refractivity (Wildman–Crippen MR) is 72.3 cm³/mol. The van der Waals surface area contributed by atoms with Gasteiger partial charge in [-0.15, -0.1) is 12.4 Å². The first-order valence-corrected chi connectivity index (χ1v) is 6.26. The Morgan fingerprint density at radius 1 is 1.40 bits per heavy atom. The molecule has 1 aliphatic rings. The van der Waals surface area contributed by atoms with Crippen LogP contribution in [0.15, 0.2) is 28.8 Å². The summed E-state index contributed by atoms with van der Waals surface area (Å²) in [5.74, 6) is 0.785. The normalized spacial score (nSPS) is 17.8. The zero-order chi connectivity index (χ0) is 13.1. The second kappa shape index (κ2) is 6.67. The number of aromatic nitrogens is 2. The predicted octanol–water partition coefficient (Wildman–Crippen LogP) is 2.63. The van der Waals surface area contributed by atoms with Crippen molar-refractivity contribution >= 4 is 12.4 Å². The maximum Gasteiger partial charge on any atom is 0.243 e. The minimum absolute atomic E-state index is 0. The summed E-state index contributed by atoms with van der Waals surface area (Å²) in [7, 11) is 0. The Labute approximate surface area is 121 Å². The summed E-state index contributed by atoms with van der Waals surface area (Å²) in [5, 5.41) is 7.10. The van der Waals surface area contributed by atoms with Gasteiger partial charge in [0.25, 0.3) is 0 Å². The molecule has 108 valence electrons. The molecule has 5 nitrogen and oxygen atoms in total. The molecule has 2 aromatic rings. The second-order valence-corrected chi connectivity index (χ2v) is 4.42. The van der Waals surface area contributed by atoms with Gasteiger partial charge in [-0.1, -0.05) is 17.3 Å². The summed E-state index contributed by atoms with van der Waals surface area (Å²) in [5.41, 5.74) is 0. The van der Waals surface area contributed by atoms with Crippen LogP contribution in [0.1, 0.15) is 30.6 Å². The molecule has 2 heterocycles. The molecule has 0 bridgehead atoms. The van der Waals surface area contributed by atoms with Crippen molar-refractivity contribution < 1.29 is 13.7 Å². The van der Waals surface area contributed by atoms with Gasteiger partial charge in [0.1, 0.15) is 0 Å². The lowest BCUT2D eigenvalue weighted by molar-refractivity contribution is 0.271. The highest BCUT2D eigenvalue weighted by atomic mass is 35.5. The fraction of sp³-hybridized carbons (Fsp3) is 0.385. The molecule has 1 atom stereocenters. The van der Waals surface area contributed by atoms with E-state index in [4.69, 9.17) is 9.26 Å². The Hall–Kier alpha value is -1.66. The molecular formula is C13H15ClFN3O2. The number of rotatable bonds is 4. The van der Waals surface area contributed by atoms with E-state index >= 15 is 0 Å². The summed E-state index contributed by atoms with van der Waals surface area (Å²) in [6.07, 6.45) is 2.10. The minimum atomic E-state index is -0.399. The van der Waals surface area contributed by atoms with Crippen LogP contribution in [-0.4, -0.2) is 16.7 Å². The van der Waals surface area contributed by atoms with Crippen LogP contribution < -0.4 is 10.1 Å². The summed E-state index contributed by atoms with van der Waals surface area (Å²) < 4.78 is 23.8. The molecule has 1 fully saturated rings. The molecular weight excluding hydrogens is 285 g/mol. The van der Waals surface area contributed by atoms with Crippen LogP contribution in [0.4, 0.5) is 4.39 Å². The number of hydrogen-bond acceptors (Lipinski definition) is 5. The summed E-state index contributed by atoms with van der Waals surface area (Å²) >= 11 is 0. The van der Waals surface area contributed by atoms with Crippen LogP contribution in [0.25, 0.3) is 0 Å². The van der Waals surface area contributed by atoms with Crippen LogP contribution in [0.5, 0.6) is 5.75 Å². The lowest BCUT2D eigenvalue weighted by Crippen LogP contribution is -2.13. The molecule has 0 aliphatic carbocycles. The van der Waals surface area contributed by atoms with E-state index < -0.39 is 5.82 Å². The van der Waals surface area contributed by atoms with Crippen molar-refractivity contribution in [2.75, 3.05) is 6.54 Å². The number of halogens is 2. The van der Waals surface area contributed by atoms with Crippen molar-refractivity contribution in [3.8, 4) is 5.75 Å². The zero-order valence-corrected chi connectivity index (χ0v) is 11.5. The summed E-state index contributed by atoms with van der Waals surface area (Å²) in [6.45, 7) is 1.06. The van der Waals surface area contributed by atoms with E-state index in [1.807, 2.05) is 0 Å². The second-order valence-electron chi connectivity index (χ2n) is 4.42. The van der Waals surface area contributed by atoms with Crippen molar-refractivity contribution in [2.24, 2.45) is 0 Å². The average molecular weight is 300 g/mol. The van der Waals surface area contributed by atoms with Gasteiger partial charge in [-0.05, 0) is 31.5 Å². The number of benzene rings is 1. The first-order valence-electron chi connectivity index (χ1n) is 6.26. The average Bonchev–Trinajstić information content (AvgIpc) is 3.09. The van der Waals surface area contributed by atoms with E-state index in [-0.39, 0.29) is 30.8 Å². The van der Waals surface area contributed by atoms with Gasteiger partial charge < -0.3 is 14.6 Å². The first kappa shape index (κ1) is 14.7. The third-order valence-electron chi connectivity index (χ3n) is 3.04. The summed E-state index contributed by atoms with van der Waals surface area (Å²) in [6, 6.07) is 6.37.